The number of ether oxygens (including phenoxy) is 1. The lowest BCUT2D eigenvalue weighted by molar-refractivity contribution is -0.247. The number of rotatable bonds is 1. The molecule has 0 aromatic heterocycles. The molecule has 0 bridgehead atoms. The van der Waals surface area contributed by atoms with Gasteiger partial charge in [-0.05, 0) is 74.5 Å². The molecule has 4 saturated carbocycles. The third kappa shape index (κ3) is 1.72. The highest BCUT2D eigenvalue weighted by atomic mass is 16.6. The van der Waals surface area contributed by atoms with Crippen molar-refractivity contribution in [1.29, 1.82) is 0 Å². The van der Waals surface area contributed by atoms with Gasteiger partial charge in [-0.3, -0.25) is 4.79 Å². The molecule has 10 atom stereocenters. The maximum absolute atomic E-state index is 12.5. The monoisotopic (exact) mass is 362 g/mol. The van der Waals surface area contributed by atoms with E-state index in [4.69, 9.17) is 4.74 Å². The van der Waals surface area contributed by atoms with Crippen LogP contribution in [-0.4, -0.2) is 39.4 Å². The topological polar surface area (TPSA) is 70.1 Å². The molecule has 0 aromatic rings. The number of carbonyl (C=O) groups is 1. The van der Waals surface area contributed by atoms with Crippen LogP contribution in [0.5, 0.6) is 0 Å². The summed E-state index contributed by atoms with van der Waals surface area (Å²) < 4.78 is 6.01. The predicted molar refractivity (Wildman–Crippen MR) is 97.4 cm³/mol. The van der Waals surface area contributed by atoms with Gasteiger partial charge in [-0.2, -0.15) is 0 Å². The number of Topliss-reactive ketones (excluding diaryl/α,β-unsaturated/α-hetero) is 1. The highest BCUT2D eigenvalue weighted by molar-refractivity contribution is 5.90. The average molecular weight is 363 g/mol. The van der Waals surface area contributed by atoms with Crippen molar-refractivity contribution in [2.24, 2.45) is 34.5 Å². The molecule has 0 spiro atoms. The van der Waals surface area contributed by atoms with Gasteiger partial charge in [-0.25, -0.2) is 0 Å². The fraction of sp³-hybridized carbons (Fsp3) is 0.955. The summed E-state index contributed by atoms with van der Waals surface area (Å²) in [5.41, 5.74) is -1.42. The third-order valence-electron chi connectivity index (χ3n) is 10.2. The Hall–Kier alpha value is -0.450. The quantitative estimate of drug-likeness (QED) is 0.703. The molecule has 5 fully saturated rings. The summed E-state index contributed by atoms with van der Waals surface area (Å²) in [5.74, 6) is 2.00. The molecule has 0 aromatic carbocycles. The van der Waals surface area contributed by atoms with E-state index in [9.17, 15) is 15.0 Å². The van der Waals surface area contributed by atoms with Crippen LogP contribution in [0.2, 0.25) is 0 Å². The van der Waals surface area contributed by atoms with Crippen LogP contribution in [0.25, 0.3) is 0 Å². The second-order valence-corrected chi connectivity index (χ2v) is 10.8. The van der Waals surface area contributed by atoms with Crippen molar-refractivity contribution < 1.29 is 19.7 Å². The number of aliphatic hydroxyl groups excluding tert-OH is 1. The summed E-state index contributed by atoms with van der Waals surface area (Å²) >= 11 is 0. The summed E-state index contributed by atoms with van der Waals surface area (Å²) in [7, 11) is 0. The summed E-state index contributed by atoms with van der Waals surface area (Å²) in [6, 6.07) is 0. The molecular weight excluding hydrogens is 328 g/mol. The SMILES string of the molecule is CC(=O)C12OC1CC1C3CC(C)C4(O)CC(O)CCC4(C)C3CCC12C. The molecular formula is C22H34O4. The molecule has 1 saturated heterocycles. The molecule has 5 aliphatic rings. The van der Waals surface area contributed by atoms with Gasteiger partial charge in [0.1, 0.15) is 0 Å². The van der Waals surface area contributed by atoms with Gasteiger partial charge in [0.15, 0.2) is 11.4 Å². The molecule has 1 heterocycles. The van der Waals surface area contributed by atoms with Gasteiger partial charge < -0.3 is 14.9 Å². The van der Waals surface area contributed by atoms with Gasteiger partial charge in [0.25, 0.3) is 0 Å². The van der Waals surface area contributed by atoms with Crippen LogP contribution in [0.1, 0.15) is 72.6 Å². The summed E-state index contributed by atoms with van der Waals surface area (Å²) in [6.07, 6.45) is 6.14. The maximum atomic E-state index is 12.5. The molecule has 4 aliphatic carbocycles. The van der Waals surface area contributed by atoms with E-state index >= 15 is 0 Å². The Morgan fingerprint density at radius 3 is 2.46 bits per heavy atom. The van der Waals surface area contributed by atoms with Crippen molar-refractivity contribution >= 4 is 5.78 Å². The minimum absolute atomic E-state index is 0.0373. The van der Waals surface area contributed by atoms with Crippen molar-refractivity contribution in [3.8, 4) is 0 Å². The summed E-state index contributed by atoms with van der Waals surface area (Å²) in [6.45, 7) is 8.50. The minimum Gasteiger partial charge on any atom is -0.393 e. The predicted octanol–water partition coefficient (Wildman–Crippen LogP) is 3.09. The molecule has 5 rings (SSSR count). The van der Waals surface area contributed by atoms with Gasteiger partial charge in [-0.1, -0.05) is 20.8 Å². The van der Waals surface area contributed by atoms with Crippen LogP contribution in [0.4, 0.5) is 0 Å². The largest absolute Gasteiger partial charge is 0.393 e. The van der Waals surface area contributed by atoms with Crippen molar-refractivity contribution in [2.75, 3.05) is 0 Å². The van der Waals surface area contributed by atoms with E-state index in [0.29, 0.717) is 24.2 Å². The van der Waals surface area contributed by atoms with E-state index in [0.717, 1.165) is 38.5 Å². The van der Waals surface area contributed by atoms with E-state index in [2.05, 4.69) is 20.8 Å². The van der Waals surface area contributed by atoms with Crippen LogP contribution in [0.3, 0.4) is 0 Å². The molecule has 10 unspecified atom stereocenters. The Morgan fingerprint density at radius 2 is 1.77 bits per heavy atom. The number of fused-ring (bicyclic) bond motifs is 7. The lowest BCUT2D eigenvalue weighted by atomic mass is 9.41. The first-order valence-corrected chi connectivity index (χ1v) is 10.7. The molecule has 146 valence electrons. The summed E-state index contributed by atoms with van der Waals surface area (Å²) in [5, 5.41) is 21.9. The van der Waals surface area contributed by atoms with E-state index in [1.807, 2.05) is 0 Å². The zero-order valence-corrected chi connectivity index (χ0v) is 16.6. The van der Waals surface area contributed by atoms with E-state index in [1.165, 1.54) is 0 Å². The molecule has 4 heteroatoms. The highest BCUT2D eigenvalue weighted by Gasteiger charge is 2.80. The number of carbonyl (C=O) groups excluding carboxylic acids is 1. The van der Waals surface area contributed by atoms with Crippen LogP contribution in [-0.2, 0) is 9.53 Å². The van der Waals surface area contributed by atoms with Crippen LogP contribution < -0.4 is 0 Å². The molecule has 4 nitrogen and oxygen atoms in total. The maximum Gasteiger partial charge on any atom is 0.164 e. The Bertz CT molecular complexity index is 663. The van der Waals surface area contributed by atoms with E-state index in [1.54, 1.807) is 6.92 Å². The average Bonchev–Trinajstić information content (AvgIpc) is 3.24. The summed E-state index contributed by atoms with van der Waals surface area (Å²) in [4.78, 5) is 12.5. The van der Waals surface area contributed by atoms with Gasteiger partial charge in [0.05, 0.1) is 17.8 Å². The number of hydrogen-bond donors (Lipinski definition) is 2. The van der Waals surface area contributed by atoms with Crippen molar-refractivity contribution in [2.45, 2.75) is 96.1 Å². The van der Waals surface area contributed by atoms with Crippen molar-refractivity contribution in [3.63, 3.8) is 0 Å². The molecule has 1 aliphatic heterocycles. The second kappa shape index (κ2) is 4.93. The Morgan fingerprint density at radius 1 is 1.08 bits per heavy atom. The first-order valence-electron chi connectivity index (χ1n) is 10.7. The van der Waals surface area contributed by atoms with Gasteiger partial charge in [-0.15, -0.1) is 0 Å². The lowest BCUT2D eigenvalue weighted by Crippen LogP contribution is -2.66. The smallest absolute Gasteiger partial charge is 0.164 e. The standard InChI is InChI=1S/C22H34O4/c1-12-9-15-16(19(3)7-5-14(24)11-21(12,19)25)6-8-20(4)17(15)10-18-22(20,26-18)13(2)23/h12,14-18,24-25H,5-11H2,1-4H3. The molecule has 2 N–H and O–H groups in total. The zero-order valence-electron chi connectivity index (χ0n) is 16.6. The number of ketones is 1. The zero-order chi connectivity index (χ0) is 18.7. The van der Waals surface area contributed by atoms with Gasteiger partial charge in [0, 0.05) is 11.8 Å². The minimum atomic E-state index is -0.754. The number of hydrogen-bond acceptors (Lipinski definition) is 4. The Balaban J connectivity index is 1.53. The third-order valence-corrected chi connectivity index (χ3v) is 10.2. The lowest BCUT2D eigenvalue weighted by Gasteiger charge is -2.66. The first kappa shape index (κ1) is 17.6. The molecule has 26 heavy (non-hydrogen) atoms. The number of epoxide rings is 1. The van der Waals surface area contributed by atoms with Crippen molar-refractivity contribution in [1.82, 2.24) is 0 Å². The van der Waals surface area contributed by atoms with E-state index in [-0.39, 0.29) is 34.7 Å². The highest BCUT2D eigenvalue weighted by Crippen LogP contribution is 2.74. The molecule has 0 amide bonds. The fourth-order valence-electron chi connectivity index (χ4n) is 8.72. The number of aliphatic hydroxyl groups is 2. The normalized spacial score (nSPS) is 63.3. The van der Waals surface area contributed by atoms with Gasteiger partial charge in [0.2, 0.25) is 0 Å². The fourth-order valence-corrected chi connectivity index (χ4v) is 8.72. The Labute approximate surface area is 156 Å². The Kier molecular flexibility index (Phi) is 3.34. The van der Waals surface area contributed by atoms with Crippen LogP contribution in [0.15, 0.2) is 0 Å². The first-order chi connectivity index (χ1) is 12.1. The van der Waals surface area contributed by atoms with Crippen molar-refractivity contribution in [3.05, 3.63) is 0 Å². The van der Waals surface area contributed by atoms with Gasteiger partial charge >= 0.3 is 0 Å². The molecule has 0 radical (unpaired) electrons. The van der Waals surface area contributed by atoms with E-state index < -0.39 is 11.2 Å². The second-order valence-electron chi connectivity index (χ2n) is 10.8. The van der Waals surface area contributed by atoms with Crippen LogP contribution in [0, 0.1) is 34.5 Å². The van der Waals surface area contributed by atoms with Crippen LogP contribution >= 0.6 is 0 Å².